The topological polar surface area (TPSA) is 95.6 Å². The molecule has 0 saturated carbocycles. The first-order chi connectivity index (χ1) is 17.3. The number of anilines is 1. The SMILES string of the molecule is Cc1cccc(/C=C(\NC(=O)c2ccccc2)C(=O)Nc2ccc(SC3CC(=O)N(C)C3=O)cc2)c1. The first kappa shape index (κ1) is 24.9. The van der Waals surface area contributed by atoms with Gasteiger partial charge in [0.1, 0.15) is 5.70 Å². The van der Waals surface area contributed by atoms with Crippen molar-refractivity contribution in [2.24, 2.45) is 0 Å². The number of hydrogen-bond acceptors (Lipinski definition) is 5. The van der Waals surface area contributed by atoms with E-state index in [4.69, 9.17) is 0 Å². The Bertz CT molecular complexity index is 1340. The van der Waals surface area contributed by atoms with E-state index in [1.165, 1.54) is 18.8 Å². The molecule has 1 saturated heterocycles. The zero-order valence-corrected chi connectivity index (χ0v) is 20.7. The second-order valence-electron chi connectivity index (χ2n) is 8.37. The summed E-state index contributed by atoms with van der Waals surface area (Å²) >= 11 is 1.32. The Morgan fingerprint density at radius 2 is 1.69 bits per heavy atom. The molecule has 4 rings (SSSR count). The zero-order valence-electron chi connectivity index (χ0n) is 19.9. The van der Waals surface area contributed by atoms with E-state index in [0.717, 1.165) is 20.9 Å². The Morgan fingerprint density at radius 3 is 2.33 bits per heavy atom. The summed E-state index contributed by atoms with van der Waals surface area (Å²) in [5.41, 5.74) is 2.87. The lowest BCUT2D eigenvalue weighted by molar-refractivity contribution is -0.136. The molecule has 0 aromatic heterocycles. The van der Waals surface area contributed by atoms with Gasteiger partial charge in [-0.05, 0) is 55.0 Å². The highest BCUT2D eigenvalue weighted by molar-refractivity contribution is 8.00. The predicted octanol–water partition coefficient (Wildman–Crippen LogP) is 4.25. The van der Waals surface area contributed by atoms with E-state index >= 15 is 0 Å². The van der Waals surface area contributed by atoms with Crippen LogP contribution in [0.15, 0.2) is 89.5 Å². The number of rotatable bonds is 7. The van der Waals surface area contributed by atoms with Gasteiger partial charge in [-0.3, -0.25) is 24.1 Å². The number of benzene rings is 3. The second kappa shape index (κ2) is 11.0. The van der Waals surface area contributed by atoms with E-state index in [1.54, 1.807) is 54.6 Å². The highest BCUT2D eigenvalue weighted by Crippen LogP contribution is 2.31. The van der Waals surface area contributed by atoms with E-state index in [1.807, 2.05) is 37.3 Å². The van der Waals surface area contributed by atoms with Gasteiger partial charge in [0.15, 0.2) is 0 Å². The number of carbonyl (C=O) groups is 4. The lowest BCUT2D eigenvalue weighted by Crippen LogP contribution is -2.30. The van der Waals surface area contributed by atoms with Crippen molar-refractivity contribution in [3.05, 3.63) is 101 Å². The van der Waals surface area contributed by atoms with Gasteiger partial charge < -0.3 is 10.6 Å². The van der Waals surface area contributed by atoms with Gasteiger partial charge in [0.25, 0.3) is 11.8 Å². The van der Waals surface area contributed by atoms with E-state index < -0.39 is 17.1 Å². The third-order valence-corrected chi connectivity index (χ3v) is 6.81. The van der Waals surface area contributed by atoms with Crippen LogP contribution in [0.1, 0.15) is 27.9 Å². The largest absolute Gasteiger partial charge is 0.321 e. The fourth-order valence-corrected chi connectivity index (χ4v) is 4.77. The van der Waals surface area contributed by atoms with Crippen LogP contribution in [0.4, 0.5) is 5.69 Å². The van der Waals surface area contributed by atoms with Gasteiger partial charge in [-0.25, -0.2) is 0 Å². The molecule has 1 aliphatic heterocycles. The van der Waals surface area contributed by atoms with Gasteiger partial charge in [-0.2, -0.15) is 0 Å². The maximum absolute atomic E-state index is 13.2. The van der Waals surface area contributed by atoms with Crippen LogP contribution in [0.3, 0.4) is 0 Å². The molecule has 3 aromatic rings. The van der Waals surface area contributed by atoms with E-state index in [-0.39, 0.29) is 23.9 Å². The van der Waals surface area contributed by atoms with Crippen molar-refractivity contribution in [2.45, 2.75) is 23.5 Å². The number of nitrogens with zero attached hydrogens (tertiary/aromatic N) is 1. The lowest BCUT2D eigenvalue weighted by Gasteiger charge is -2.12. The van der Waals surface area contributed by atoms with Crippen LogP contribution < -0.4 is 10.6 Å². The number of carbonyl (C=O) groups excluding carboxylic acids is 4. The van der Waals surface area contributed by atoms with Crippen LogP contribution in [-0.2, 0) is 14.4 Å². The molecule has 0 aliphatic carbocycles. The monoisotopic (exact) mass is 499 g/mol. The van der Waals surface area contributed by atoms with Crippen LogP contribution in [0.2, 0.25) is 0 Å². The van der Waals surface area contributed by atoms with Crippen molar-refractivity contribution in [3.8, 4) is 0 Å². The molecule has 36 heavy (non-hydrogen) atoms. The quantitative estimate of drug-likeness (QED) is 0.374. The predicted molar refractivity (Wildman–Crippen MR) is 140 cm³/mol. The van der Waals surface area contributed by atoms with Gasteiger partial charge in [-0.15, -0.1) is 11.8 Å². The second-order valence-corrected chi connectivity index (χ2v) is 9.65. The molecule has 3 aromatic carbocycles. The number of aryl methyl sites for hydroxylation is 1. The summed E-state index contributed by atoms with van der Waals surface area (Å²) in [6, 6.07) is 23.3. The maximum Gasteiger partial charge on any atom is 0.272 e. The van der Waals surface area contributed by atoms with E-state index in [0.29, 0.717) is 11.3 Å². The Labute approximate surface area is 213 Å². The molecule has 182 valence electrons. The molecule has 8 heteroatoms. The maximum atomic E-state index is 13.2. The van der Waals surface area contributed by atoms with Crippen LogP contribution in [0, 0.1) is 6.92 Å². The summed E-state index contributed by atoms with van der Waals surface area (Å²) < 4.78 is 0. The smallest absolute Gasteiger partial charge is 0.272 e. The molecule has 7 nitrogen and oxygen atoms in total. The lowest BCUT2D eigenvalue weighted by atomic mass is 10.1. The summed E-state index contributed by atoms with van der Waals surface area (Å²) in [5.74, 6) is -1.26. The first-order valence-corrected chi connectivity index (χ1v) is 12.2. The molecular weight excluding hydrogens is 474 g/mol. The van der Waals surface area contributed by atoms with Gasteiger partial charge in [0.05, 0.1) is 5.25 Å². The fourth-order valence-electron chi connectivity index (χ4n) is 3.66. The first-order valence-electron chi connectivity index (χ1n) is 11.3. The van der Waals surface area contributed by atoms with Crippen molar-refractivity contribution in [3.63, 3.8) is 0 Å². The molecule has 4 amide bonds. The number of imide groups is 1. The van der Waals surface area contributed by atoms with E-state index in [2.05, 4.69) is 10.6 Å². The summed E-state index contributed by atoms with van der Waals surface area (Å²) in [6.07, 6.45) is 1.80. The molecule has 0 bridgehead atoms. The van der Waals surface area contributed by atoms with Gasteiger partial charge in [0, 0.05) is 29.6 Å². The molecule has 1 atom stereocenters. The molecule has 1 heterocycles. The number of thioether (sulfide) groups is 1. The molecule has 1 fully saturated rings. The normalized spacial score (nSPS) is 15.7. The zero-order chi connectivity index (χ0) is 25.7. The molecule has 0 spiro atoms. The van der Waals surface area contributed by atoms with Crippen molar-refractivity contribution in [1.82, 2.24) is 10.2 Å². The Hall–Kier alpha value is -4.17. The molecule has 1 aliphatic rings. The summed E-state index contributed by atoms with van der Waals surface area (Å²) in [6.45, 7) is 1.95. The third-order valence-electron chi connectivity index (χ3n) is 5.61. The average molecular weight is 500 g/mol. The van der Waals surface area contributed by atoms with E-state index in [9.17, 15) is 19.2 Å². The number of amides is 4. The summed E-state index contributed by atoms with van der Waals surface area (Å²) in [4.78, 5) is 51.8. The summed E-state index contributed by atoms with van der Waals surface area (Å²) in [7, 11) is 1.49. The Morgan fingerprint density at radius 1 is 0.972 bits per heavy atom. The minimum Gasteiger partial charge on any atom is -0.321 e. The Kier molecular flexibility index (Phi) is 7.65. The van der Waals surface area contributed by atoms with Gasteiger partial charge >= 0.3 is 0 Å². The number of hydrogen-bond donors (Lipinski definition) is 2. The van der Waals surface area contributed by atoms with Crippen molar-refractivity contribution < 1.29 is 19.2 Å². The standard InChI is InChI=1S/C28H25N3O4S/c1-18-7-6-8-19(15-18)16-23(30-26(33)20-9-4-3-5-10-20)27(34)29-21-11-13-22(14-12-21)36-24-17-25(32)31(2)28(24)35/h3-16,24H,17H2,1-2H3,(H,29,34)(H,30,33)/b23-16-. The highest BCUT2D eigenvalue weighted by atomic mass is 32.2. The van der Waals surface area contributed by atoms with Crippen LogP contribution in [0.5, 0.6) is 0 Å². The fraction of sp³-hybridized carbons (Fsp3) is 0.143. The van der Waals surface area contributed by atoms with Crippen molar-refractivity contribution in [1.29, 1.82) is 0 Å². The van der Waals surface area contributed by atoms with Crippen LogP contribution in [0.25, 0.3) is 6.08 Å². The van der Waals surface area contributed by atoms with Gasteiger partial charge in [0.2, 0.25) is 11.8 Å². The van der Waals surface area contributed by atoms with Crippen molar-refractivity contribution in [2.75, 3.05) is 12.4 Å². The molecule has 1 unspecified atom stereocenters. The third kappa shape index (κ3) is 6.09. The number of likely N-dealkylation sites (tertiary alicyclic amines) is 1. The van der Waals surface area contributed by atoms with Crippen molar-refractivity contribution >= 4 is 47.2 Å². The molecular formula is C28H25N3O4S. The molecule has 0 radical (unpaired) electrons. The minimum absolute atomic E-state index is 0.103. The molecule has 2 N–H and O–H groups in total. The highest BCUT2D eigenvalue weighted by Gasteiger charge is 2.36. The Balaban J connectivity index is 1.49. The van der Waals surface area contributed by atoms with Crippen LogP contribution in [-0.4, -0.2) is 40.8 Å². The minimum atomic E-state index is -0.473. The average Bonchev–Trinajstić information content (AvgIpc) is 3.11. The van der Waals surface area contributed by atoms with Gasteiger partial charge in [-0.1, -0.05) is 48.0 Å². The van der Waals surface area contributed by atoms with Crippen LogP contribution >= 0.6 is 11.8 Å². The number of nitrogens with one attached hydrogen (secondary N) is 2. The summed E-state index contributed by atoms with van der Waals surface area (Å²) in [5, 5.41) is 5.10.